The third kappa shape index (κ3) is 3.61. The maximum absolute atomic E-state index is 5.93. The van der Waals surface area contributed by atoms with Crippen LogP contribution in [0.5, 0.6) is 0 Å². The minimum absolute atomic E-state index is 0.374. The Hall–Kier alpha value is -1.80. The average molecular weight is 268 g/mol. The molecule has 2 N–H and O–H groups in total. The van der Waals surface area contributed by atoms with E-state index in [2.05, 4.69) is 68.3 Å². The molecule has 0 aliphatic heterocycles. The second-order valence-electron chi connectivity index (χ2n) is 5.76. The highest BCUT2D eigenvalue weighted by Crippen LogP contribution is 2.29. The third-order valence-corrected chi connectivity index (χ3v) is 3.63. The van der Waals surface area contributed by atoms with Crippen molar-refractivity contribution < 1.29 is 0 Å². The van der Waals surface area contributed by atoms with Crippen molar-refractivity contribution in [3.8, 4) is 0 Å². The SMILES string of the molecule is CC(C)C(c1cccc(N)c1)N(C)Cc1ccccc1. The first kappa shape index (κ1) is 14.6. The van der Waals surface area contributed by atoms with Crippen LogP contribution >= 0.6 is 0 Å². The highest BCUT2D eigenvalue weighted by atomic mass is 15.1. The molecule has 0 spiro atoms. The number of hydrogen-bond donors (Lipinski definition) is 1. The predicted molar refractivity (Wildman–Crippen MR) is 86.3 cm³/mol. The Kier molecular flexibility index (Phi) is 4.80. The van der Waals surface area contributed by atoms with Gasteiger partial charge in [-0.1, -0.05) is 56.3 Å². The lowest BCUT2D eigenvalue weighted by atomic mass is 9.94. The molecule has 2 nitrogen and oxygen atoms in total. The molecule has 0 aliphatic carbocycles. The first-order valence-corrected chi connectivity index (χ1v) is 7.17. The van der Waals surface area contributed by atoms with E-state index in [1.54, 1.807) is 0 Å². The molecule has 0 bridgehead atoms. The van der Waals surface area contributed by atoms with E-state index in [4.69, 9.17) is 5.73 Å². The fraction of sp³-hybridized carbons (Fsp3) is 0.333. The minimum Gasteiger partial charge on any atom is -0.399 e. The Morgan fingerprint density at radius 1 is 1.00 bits per heavy atom. The van der Waals surface area contributed by atoms with Crippen LogP contribution < -0.4 is 5.73 Å². The molecule has 106 valence electrons. The third-order valence-electron chi connectivity index (χ3n) is 3.63. The van der Waals surface area contributed by atoms with E-state index in [-0.39, 0.29) is 0 Å². The van der Waals surface area contributed by atoms with Gasteiger partial charge in [0.1, 0.15) is 0 Å². The van der Waals surface area contributed by atoms with Crippen molar-refractivity contribution in [1.29, 1.82) is 0 Å². The molecule has 1 unspecified atom stereocenters. The molecule has 1 atom stereocenters. The van der Waals surface area contributed by atoms with Crippen LogP contribution in [-0.2, 0) is 6.54 Å². The molecule has 0 saturated carbocycles. The van der Waals surface area contributed by atoms with Gasteiger partial charge in [0.05, 0.1) is 0 Å². The summed E-state index contributed by atoms with van der Waals surface area (Å²) in [4.78, 5) is 2.40. The Morgan fingerprint density at radius 2 is 1.70 bits per heavy atom. The Balaban J connectivity index is 2.20. The Morgan fingerprint density at radius 3 is 2.30 bits per heavy atom. The van der Waals surface area contributed by atoms with E-state index >= 15 is 0 Å². The maximum atomic E-state index is 5.93. The molecule has 0 radical (unpaired) electrons. The van der Waals surface area contributed by atoms with Crippen molar-refractivity contribution in [1.82, 2.24) is 4.90 Å². The zero-order valence-electron chi connectivity index (χ0n) is 12.6. The molecule has 0 heterocycles. The van der Waals surface area contributed by atoms with E-state index in [1.807, 2.05) is 12.1 Å². The fourth-order valence-electron chi connectivity index (χ4n) is 2.86. The minimum atomic E-state index is 0.374. The van der Waals surface area contributed by atoms with E-state index < -0.39 is 0 Å². The number of rotatable bonds is 5. The van der Waals surface area contributed by atoms with Gasteiger partial charge in [0.2, 0.25) is 0 Å². The smallest absolute Gasteiger partial charge is 0.0372 e. The van der Waals surface area contributed by atoms with Gasteiger partial charge in [0.15, 0.2) is 0 Å². The van der Waals surface area contributed by atoms with Crippen molar-refractivity contribution in [3.05, 3.63) is 65.7 Å². The molecule has 2 aromatic carbocycles. The zero-order valence-corrected chi connectivity index (χ0v) is 12.6. The molecule has 20 heavy (non-hydrogen) atoms. The Bertz CT molecular complexity index is 534. The maximum Gasteiger partial charge on any atom is 0.0372 e. The van der Waals surface area contributed by atoms with Crippen molar-refractivity contribution >= 4 is 5.69 Å². The lowest BCUT2D eigenvalue weighted by Crippen LogP contribution is -2.28. The summed E-state index contributed by atoms with van der Waals surface area (Å²) in [7, 11) is 2.18. The van der Waals surface area contributed by atoms with Crippen LogP contribution in [0.2, 0.25) is 0 Å². The normalized spacial score (nSPS) is 12.8. The van der Waals surface area contributed by atoms with Gasteiger partial charge in [0, 0.05) is 18.3 Å². The molecule has 2 aromatic rings. The molecule has 2 rings (SSSR count). The molecular formula is C18H24N2. The van der Waals surface area contributed by atoms with Gasteiger partial charge in [-0.15, -0.1) is 0 Å². The van der Waals surface area contributed by atoms with Gasteiger partial charge in [-0.2, -0.15) is 0 Å². The summed E-state index contributed by atoms with van der Waals surface area (Å²) < 4.78 is 0. The topological polar surface area (TPSA) is 29.3 Å². The van der Waals surface area contributed by atoms with Crippen LogP contribution in [0.15, 0.2) is 54.6 Å². The summed E-state index contributed by atoms with van der Waals surface area (Å²) >= 11 is 0. The summed E-state index contributed by atoms with van der Waals surface area (Å²) in [5, 5.41) is 0. The van der Waals surface area contributed by atoms with Gasteiger partial charge in [0.25, 0.3) is 0 Å². The first-order valence-electron chi connectivity index (χ1n) is 7.17. The van der Waals surface area contributed by atoms with E-state index in [1.165, 1.54) is 11.1 Å². The van der Waals surface area contributed by atoms with E-state index in [9.17, 15) is 0 Å². The second-order valence-corrected chi connectivity index (χ2v) is 5.76. The standard InChI is InChI=1S/C18H24N2/c1-14(2)18(16-10-7-11-17(19)12-16)20(3)13-15-8-5-4-6-9-15/h4-12,14,18H,13,19H2,1-3H3. The zero-order chi connectivity index (χ0) is 14.5. The lowest BCUT2D eigenvalue weighted by Gasteiger charge is -2.32. The number of hydrogen-bond acceptors (Lipinski definition) is 2. The molecule has 0 aromatic heterocycles. The number of nitrogen functional groups attached to an aromatic ring is 1. The van der Waals surface area contributed by atoms with Gasteiger partial charge >= 0.3 is 0 Å². The molecule has 0 saturated heterocycles. The van der Waals surface area contributed by atoms with Crippen molar-refractivity contribution in [3.63, 3.8) is 0 Å². The number of benzene rings is 2. The summed E-state index contributed by atoms with van der Waals surface area (Å²) in [6, 6.07) is 19.2. The van der Waals surface area contributed by atoms with Crippen molar-refractivity contribution in [2.45, 2.75) is 26.4 Å². The highest BCUT2D eigenvalue weighted by Gasteiger charge is 2.20. The summed E-state index contributed by atoms with van der Waals surface area (Å²) in [5.74, 6) is 0.533. The number of anilines is 1. The molecule has 0 fully saturated rings. The second kappa shape index (κ2) is 6.58. The Labute approximate surface area is 122 Å². The first-order chi connectivity index (χ1) is 9.58. The fourth-order valence-corrected chi connectivity index (χ4v) is 2.86. The molecular weight excluding hydrogens is 244 g/mol. The van der Waals surface area contributed by atoms with Crippen LogP contribution in [0.4, 0.5) is 5.69 Å². The molecule has 0 aliphatic rings. The van der Waals surface area contributed by atoms with Crippen LogP contribution in [0.25, 0.3) is 0 Å². The van der Waals surface area contributed by atoms with Gasteiger partial charge in [-0.3, -0.25) is 4.90 Å². The largest absolute Gasteiger partial charge is 0.399 e. The quantitative estimate of drug-likeness (QED) is 0.827. The van der Waals surface area contributed by atoms with Crippen LogP contribution in [-0.4, -0.2) is 11.9 Å². The van der Waals surface area contributed by atoms with Crippen molar-refractivity contribution in [2.75, 3.05) is 12.8 Å². The lowest BCUT2D eigenvalue weighted by molar-refractivity contribution is 0.186. The van der Waals surface area contributed by atoms with E-state index in [0.29, 0.717) is 12.0 Å². The summed E-state index contributed by atoms with van der Waals surface area (Å²) in [6.07, 6.45) is 0. The summed E-state index contributed by atoms with van der Waals surface area (Å²) in [5.41, 5.74) is 9.39. The molecule has 2 heteroatoms. The van der Waals surface area contributed by atoms with Crippen LogP contribution in [0, 0.1) is 5.92 Å². The van der Waals surface area contributed by atoms with Crippen molar-refractivity contribution in [2.24, 2.45) is 5.92 Å². The number of nitrogens with two attached hydrogens (primary N) is 1. The number of nitrogens with zero attached hydrogens (tertiary/aromatic N) is 1. The van der Waals surface area contributed by atoms with Crippen LogP contribution in [0.1, 0.15) is 31.0 Å². The van der Waals surface area contributed by atoms with Gasteiger partial charge < -0.3 is 5.73 Å². The van der Waals surface area contributed by atoms with Gasteiger partial charge in [-0.05, 0) is 36.2 Å². The molecule has 0 amide bonds. The summed E-state index contributed by atoms with van der Waals surface area (Å²) in [6.45, 7) is 5.46. The van der Waals surface area contributed by atoms with Gasteiger partial charge in [-0.25, -0.2) is 0 Å². The predicted octanol–water partition coefficient (Wildman–Crippen LogP) is 4.10. The monoisotopic (exact) mass is 268 g/mol. The van der Waals surface area contributed by atoms with Crippen LogP contribution in [0.3, 0.4) is 0 Å². The average Bonchev–Trinajstić information content (AvgIpc) is 2.39. The highest BCUT2D eigenvalue weighted by molar-refractivity contribution is 5.41. The van der Waals surface area contributed by atoms with E-state index in [0.717, 1.165) is 12.2 Å².